The highest BCUT2D eigenvalue weighted by Crippen LogP contribution is 2.14. The van der Waals surface area contributed by atoms with Gasteiger partial charge in [-0.25, -0.2) is 4.98 Å². The van der Waals surface area contributed by atoms with Crippen LogP contribution in [0.3, 0.4) is 0 Å². The molecule has 1 amide bonds. The summed E-state index contributed by atoms with van der Waals surface area (Å²) in [6, 6.07) is 6.51. The quantitative estimate of drug-likeness (QED) is 0.818. The second-order valence-electron chi connectivity index (χ2n) is 6.69. The number of nitrogens with zero attached hydrogens (tertiary/aromatic N) is 3. The maximum absolute atomic E-state index is 11.9. The van der Waals surface area contributed by atoms with Crippen LogP contribution in [-0.2, 0) is 17.9 Å². The standard InChI is InChI=1S/C19H27N3O/c1-14(2)11-22(17(5)23)13-19-20-8-9-21(19)12-18-10-15(3)6-7-16(18)4/h6-10,14H,11-13H2,1-5H3. The predicted molar refractivity (Wildman–Crippen MR) is 93.2 cm³/mol. The van der Waals surface area contributed by atoms with Crippen LogP contribution in [-0.4, -0.2) is 26.9 Å². The predicted octanol–water partition coefficient (Wildman–Crippen LogP) is 3.55. The van der Waals surface area contributed by atoms with Crippen molar-refractivity contribution < 1.29 is 4.79 Å². The Morgan fingerprint density at radius 3 is 2.70 bits per heavy atom. The van der Waals surface area contributed by atoms with Crippen molar-refractivity contribution >= 4 is 5.91 Å². The van der Waals surface area contributed by atoms with Crippen LogP contribution in [0.25, 0.3) is 0 Å². The second-order valence-corrected chi connectivity index (χ2v) is 6.69. The van der Waals surface area contributed by atoms with Gasteiger partial charge in [-0.2, -0.15) is 0 Å². The van der Waals surface area contributed by atoms with Crippen LogP contribution < -0.4 is 0 Å². The van der Waals surface area contributed by atoms with Crippen LogP contribution in [0, 0.1) is 19.8 Å². The third-order valence-corrected chi connectivity index (χ3v) is 4.01. The third kappa shape index (κ3) is 4.68. The molecule has 0 spiro atoms. The summed E-state index contributed by atoms with van der Waals surface area (Å²) in [5.74, 6) is 1.48. The molecule has 0 aliphatic rings. The van der Waals surface area contributed by atoms with Crippen molar-refractivity contribution in [3.8, 4) is 0 Å². The van der Waals surface area contributed by atoms with Gasteiger partial charge in [0.1, 0.15) is 5.82 Å². The van der Waals surface area contributed by atoms with E-state index in [1.165, 1.54) is 16.7 Å². The summed E-state index contributed by atoms with van der Waals surface area (Å²) in [5, 5.41) is 0. The number of carbonyl (C=O) groups is 1. The molecule has 1 aromatic carbocycles. The van der Waals surface area contributed by atoms with Crippen molar-refractivity contribution in [1.29, 1.82) is 0 Å². The lowest BCUT2D eigenvalue weighted by molar-refractivity contribution is -0.130. The Labute approximate surface area is 139 Å². The topological polar surface area (TPSA) is 38.1 Å². The van der Waals surface area contributed by atoms with Gasteiger partial charge >= 0.3 is 0 Å². The van der Waals surface area contributed by atoms with E-state index in [2.05, 4.69) is 55.4 Å². The van der Waals surface area contributed by atoms with Gasteiger partial charge in [-0.05, 0) is 30.9 Å². The van der Waals surface area contributed by atoms with Crippen LogP contribution >= 0.6 is 0 Å². The van der Waals surface area contributed by atoms with Gasteiger partial charge in [-0.15, -0.1) is 0 Å². The first-order valence-electron chi connectivity index (χ1n) is 8.18. The van der Waals surface area contributed by atoms with Gasteiger partial charge in [0.05, 0.1) is 6.54 Å². The normalized spacial score (nSPS) is 11.0. The van der Waals surface area contributed by atoms with E-state index in [0.717, 1.165) is 18.9 Å². The number of amides is 1. The molecule has 1 aromatic heterocycles. The van der Waals surface area contributed by atoms with Gasteiger partial charge in [0, 0.05) is 32.4 Å². The number of carbonyl (C=O) groups excluding carboxylic acids is 1. The fraction of sp³-hybridized carbons (Fsp3) is 0.474. The van der Waals surface area contributed by atoms with Crippen molar-refractivity contribution in [1.82, 2.24) is 14.5 Å². The first-order chi connectivity index (χ1) is 10.9. The van der Waals surface area contributed by atoms with E-state index in [1.807, 2.05) is 17.3 Å². The van der Waals surface area contributed by atoms with E-state index in [9.17, 15) is 4.79 Å². The maximum Gasteiger partial charge on any atom is 0.219 e. The minimum atomic E-state index is 0.0972. The summed E-state index contributed by atoms with van der Waals surface area (Å²) in [7, 11) is 0. The van der Waals surface area contributed by atoms with Crippen LogP contribution in [0.5, 0.6) is 0 Å². The Kier molecular flexibility index (Phi) is 5.59. The number of aromatic nitrogens is 2. The van der Waals surface area contributed by atoms with Crippen molar-refractivity contribution in [3.63, 3.8) is 0 Å². The fourth-order valence-corrected chi connectivity index (χ4v) is 2.71. The van der Waals surface area contributed by atoms with E-state index in [4.69, 9.17) is 0 Å². The number of rotatable bonds is 6. The summed E-state index contributed by atoms with van der Waals surface area (Å²) in [6.07, 6.45) is 3.80. The molecule has 4 heteroatoms. The number of imidazole rings is 1. The number of hydrogen-bond donors (Lipinski definition) is 0. The Balaban J connectivity index is 2.18. The van der Waals surface area contributed by atoms with Gasteiger partial charge in [0.2, 0.25) is 5.91 Å². The Hall–Kier alpha value is -2.10. The van der Waals surface area contributed by atoms with E-state index in [1.54, 1.807) is 6.92 Å². The molecule has 2 rings (SSSR count). The zero-order valence-electron chi connectivity index (χ0n) is 14.8. The van der Waals surface area contributed by atoms with Gasteiger partial charge in [-0.1, -0.05) is 37.6 Å². The average molecular weight is 313 g/mol. The summed E-state index contributed by atoms with van der Waals surface area (Å²) < 4.78 is 2.14. The van der Waals surface area contributed by atoms with Crippen LogP contribution in [0.2, 0.25) is 0 Å². The fourth-order valence-electron chi connectivity index (χ4n) is 2.71. The van der Waals surface area contributed by atoms with Gasteiger partial charge in [-0.3, -0.25) is 4.79 Å². The van der Waals surface area contributed by atoms with E-state index in [-0.39, 0.29) is 5.91 Å². The number of benzene rings is 1. The van der Waals surface area contributed by atoms with Crippen molar-refractivity contribution in [2.75, 3.05) is 6.54 Å². The Morgan fingerprint density at radius 1 is 1.30 bits per heavy atom. The zero-order valence-corrected chi connectivity index (χ0v) is 14.8. The van der Waals surface area contributed by atoms with Crippen LogP contribution in [0.15, 0.2) is 30.6 Å². The first kappa shape index (κ1) is 17.3. The Bertz CT molecular complexity index is 673. The molecule has 0 atom stereocenters. The summed E-state index contributed by atoms with van der Waals surface area (Å²) >= 11 is 0. The summed E-state index contributed by atoms with van der Waals surface area (Å²) in [4.78, 5) is 18.2. The molecule has 0 saturated heterocycles. The van der Waals surface area contributed by atoms with E-state index in [0.29, 0.717) is 12.5 Å². The SMILES string of the molecule is CC(=O)N(Cc1nccn1Cc1cc(C)ccc1C)CC(C)C. The first-order valence-corrected chi connectivity index (χ1v) is 8.18. The number of aryl methyl sites for hydroxylation is 2. The van der Waals surface area contributed by atoms with Crippen molar-refractivity contribution in [2.45, 2.75) is 47.7 Å². The molecule has 0 aliphatic carbocycles. The summed E-state index contributed by atoms with van der Waals surface area (Å²) in [6.45, 7) is 12.2. The maximum atomic E-state index is 11.9. The molecule has 2 aromatic rings. The van der Waals surface area contributed by atoms with Crippen LogP contribution in [0.1, 0.15) is 43.3 Å². The molecular formula is C19H27N3O. The van der Waals surface area contributed by atoms with Crippen molar-refractivity contribution in [2.24, 2.45) is 5.92 Å². The molecule has 4 nitrogen and oxygen atoms in total. The van der Waals surface area contributed by atoms with E-state index < -0.39 is 0 Å². The number of hydrogen-bond acceptors (Lipinski definition) is 2. The van der Waals surface area contributed by atoms with E-state index >= 15 is 0 Å². The lowest BCUT2D eigenvalue weighted by atomic mass is 10.1. The highest BCUT2D eigenvalue weighted by Gasteiger charge is 2.14. The van der Waals surface area contributed by atoms with Gasteiger partial charge in [0.15, 0.2) is 0 Å². The molecule has 0 radical (unpaired) electrons. The van der Waals surface area contributed by atoms with Crippen molar-refractivity contribution in [3.05, 3.63) is 53.1 Å². The van der Waals surface area contributed by atoms with Gasteiger partial charge < -0.3 is 9.47 Å². The molecule has 0 saturated carbocycles. The monoisotopic (exact) mass is 313 g/mol. The highest BCUT2D eigenvalue weighted by atomic mass is 16.2. The lowest BCUT2D eigenvalue weighted by Gasteiger charge is -2.23. The second kappa shape index (κ2) is 7.44. The minimum Gasteiger partial charge on any atom is -0.335 e. The third-order valence-electron chi connectivity index (χ3n) is 4.01. The molecule has 23 heavy (non-hydrogen) atoms. The zero-order chi connectivity index (χ0) is 17.0. The largest absolute Gasteiger partial charge is 0.335 e. The average Bonchev–Trinajstić information content (AvgIpc) is 2.89. The molecule has 124 valence electrons. The molecule has 0 unspecified atom stereocenters. The Morgan fingerprint density at radius 2 is 2.04 bits per heavy atom. The molecule has 0 aliphatic heterocycles. The molecular weight excluding hydrogens is 286 g/mol. The molecule has 0 bridgehead atoms. The smallest absolute Gasteiger partial charge is 0.219 e. The molecule has 0 fully saturated rings. The highest BCUT2D eigenvalue weighted by molar-refractivity contribution is 5.73. The summed E-state index contributed by atoms with van der Waals surface area (Å²) in [5.41, 5.74) is 3.83. The van der Waals surface area contributed by atoms with Crippen LogP contribution in [0.4, 0.5) is 0 Å². The van der Waals surface area contributed by atoms with Gasteiger partial charge in [0.25, 0.3) is 0 Å². The molecule has 1 heterocycles. The lowest BCUT2D eigenvalue weighted by Crippen LogP contribution is -2.32. The minimum absolute atomic E-state index is 0.0972. The molecule has 0 N–H and O–H groups in total.